The maximum atomic E-state index is 14.0. The van der Waals surface area contributed by atoms with Gasteiger partial charge in [0.15, 0.2) is 0 Å². The molecule has 11 heteroatoms. The molecule has 1 aliphatic rings. The Morgan fingerprint density at radius 1 is 1.12 bits per heavy atom. The predicted molar refractivity (Wildman–Crippen MR) is 163 cm³/mol. The highest BCUT2D eigenvalue weighted by Gasteiger charge is 2.33. The summed E-state index contributed by atoms with van der Waals surface area (Å²) in [7, 11) is 0. The first-order valence-corrected chi connectivity index (χ1v) is 14.4. The third-order valence-electron chi connectivity index (χ3n) is 7.55. The molecule has 43 heavy (non-hydrogen) atoms. The molecule has 5 N–H and O–H groups in total. The number of phenols is 1. The molecule has 0 spiro atoms. The van der Waals surface area contributed by atoms with Crippen molar-refractivity contribution >= 4 is 17.5 Å². The van der Waals surface area contributed by atoms with Crippen molar-refractivity contribution in [2.24, 2.45) is 0 Å². The summed E-state index contributed by atoms with van der Waals surface area (Å²) >= 11 is 0. The van der Waals surface area contributed by atoms with E-state index in [-0.39, 0.29) is 30.5 Å². The van der Waals surface area contributed by atoms with Crippen LogP contribution in [0.4, 0.5) is 5.69 Å². The molecule has 0 radical (unpaired) electrons. The minimum Gasteiger partial charge on any atom is -0.508 e. The number of nitrogens with zero attached hydrogens (tertiary/aromatic N) is 4. The van der Waals surface area contributed by atoms with Gasteiger partial charge in [-0.1, -0.05) is 48.5 Å². The van der Waals surface area contributed by atoms with Crippen molar-refractivity contribution in [2.75, 3.05) is 11.4 Å². The van der Waals surface area contributed by atoms with Gasteiger partial charge in [0.25, 0.3) is 0 Å². The number of carbonyl (C=O) groups excluding carboxylic acids is 2. The molecule has 0 saturated heterocycles. The van der Waals surface area contributed by atoms with Gasteiger partial charge in [0.05, 0.1) is 12.6 Å². The highest BCUT2D eigenvalue weighted by atomic mass is 16.3. The molecule has 224 valence electrons. The molecule has 0 bridgehead atoms. The van der Waals surface area contributed by atoms with E-state index < -0.39 is 17.7 Å². The molecular weight excluding hydrogens is 546 g/mol. The first-order valence-electron chi connectivity index (χ1n) is 14.4. The number of amides is 2. The number of H-pyrrole nitrogens is 1. The van der Waals surface area contributed by atoms with Crippen molar-refractivity contribution in [3.05, 3.63) is 77.9 Å². The number of fused-ring (bicyclic) bond motifs is 1. The molecule has 5 rings (SSSR count). The van der Waals surface area contributed by atoms with E-state index in [2.05, 4.69) is 31.3 Å². The first-order chi connectivity index (χ1) is 20.6. The Morgan fingerprint density at radius 2 is 1.86 bits per heavy atom. The van der Waals surface area contributed by atoms with Gasteiger partial charge in [-0.2, -0.15) is 5.21 Å². The Hall–Kier alpha value is -4.61. The van der Waals surface area contributed by atoms with E-state index in [4.69, 9.17) is 0 Å². The Bertz CT molecular complexity index is 1570. The molecule has 0 fully saturated rings. The quantitative estimate of drug-likeness (QED) is 0.190. The van der Waals surface area contributed by atoms with Crippen LogP contribution < -0.4 is 15.5 Å². The Morgan fingerprint density at radius 3 is 2.56 bits per heavy atom. The van der Waals surface area contributed by atoms with Crippen LogP contribution in [0.2, 0.25) is 0 Å². The van der Waals surface area contributed by atoms with Crippen LogP contribution in [0.5, 0.6) is 5.75 Å². The molecule has 0 aliphatic carbocycles. The number of aromatic nitrogens is 4. The average molecular weight is 584 g/mol. The van der Waals surface area contributed by atoms with Crippen LogP contribution in [0.15, 0.2) is 66.7 Å². The third-order valence-corrected chi connectivity index (χ3v) is 7.55. The number of carbonyl (C=O) groups is 2. The molecule has 0 saturated carbocycles. The van der Waals surface area contributed by atoms with Gasteiger partial charge in [-0.3, -0.25) is 9.59 Å². The summed E-state index contributed by atoms with van der Waals surface area (Å²) in [4.78, 5) is 28.7. The number of hydrogen-bond donors (Lipinski definition) is 5. The van der Waals surface area contributed by atoms with Crippen LogP contribution in [0, 0.1) is 0 Å². The second-order valence-corrected chi connectivity index (χ2v) is 11.7. The van der Waals surface area contributed by atoms with E-state index in [9.17, 15) is 19.8 Å². The maximum Gasteiger partial charge on any atom is 0.249 e. The molecule has 2 atom stereocenters. The molecule has 1 aliphatic heterocycles. The summed E-state index contributed by atoms with van der Waals surface area (Å²) in [5, 5.41) is 40.4. The summed E-state index contributed by atoms with van der Waals surface area (Å²) in [6.45, 7) is 6.10. The smallest absolute Gasteiger partial charge is 0.249 e. The normalized spacial score (nSPS) is 16.0. The zero-order valence-electron chi connectivity index (χ0n) is 24.5. The monoisotopic (exact) mass is 583 g/mol. The third kappa shape index (κ3) is 7.25. The Kier molecular flexibility index (Phi) is 8.84. The van der Waals surface area contributed by atoms with E-state index in [1.54, 1.807) is 30.0 Å². The molecule has 4 aromatic rings. The topological polar surface area (TPSA) is 156 Å². The predicted octanol–water partition coefficient (Wildman–Crippen LogP) is 3.34. The molecule has 2 amide bonds. The van der Waals surface area contributed by atoms with Crippen molar-refractivity contribution in [3.8, 4) is 28.3 Å². The molecule has 2 heterocycles. The number of aliphatic hydroxyl groups excluding tert-OH is 1. The molecule has 0 unspecified atom stereocenters. The fourth-order valence-corrected chi connectivity index (χ4v) is 5.37. The van der Waals surface area contributed by atoms with Crippen molar-refractivity contribution in [1.82, 2.24) is 31.3 Å². The lowest BCUT2D eigenvalue weighted by molar-refractivity contribution is -0.128. The minimum atomic E-state index is -0.726. The standard InChI is InChI=1S/C32H37N7O4/c1-20(40)18-33-32(2,3)17-29(42)34-27-14-12-23-16-24(41)13-15-28(23)39(31(27)43)19-21-8-10-22(11-9-21)25-6-4-5-7-26(25)30-35-37-38-36-30/h4-11,13,15-16,20,27,33,40-41H,12,14,17-19H2,1-3H3,(H,34,42)(H,35,36,37,38)/t20-,27-/m1/s1. The molecular formula is C32H37N7O4. The lowest BCUT2D eigenvalue weighted by Gasteiger charge is -2.29. The zero-order chi connectivity index (χ0) is 30.6. The largest absolute Gasteiger partial charge is 0.508 e. The second-order valence-electron chi connectivity index (χ2n) is 11.7. The lowest BCUT2D eigenvalue weighted by atomic mass is 9.98. The summed E-state index contributed by atoms with van der Waals surface area (Å²) in [5.41, 5.74) is 4.67. The van der Waals surface area contributed by atoms with E-state index in [0.717, 1.165) is 27.8 Å². The van der Waals surface area contributed by atoms with Crippen molar-refractivity contribution in [2.45, 2.75) is 64.3 Å². The molecule has 1 aromatic heterocycles. The second kappa shape index (κ2) is 12.7. The van der Waals surface area contributed by atoms with E-state index in [1.165, 1.54) is 0 Å². The Labute approximate surface area is 250 Å². The van der Waals surface area contributed by atoms with Gasteiger partial charge in [-0.05, 0) is 79.3 Å². The fourth-order valence-electron chi connectivity index (χ4n) is 5.37. The van der Waals surface area contributed by atoms with Crippen molar-refractivity contribution in [1.29, 1.82) is 0 Å². The van der Waals surface area contributed by atoms with Crippen LogP contribution in [-0.2, 0) is 22.6 Å². The number of aromatic hydroxyl groups is 1. The summed E-state index contributed by atoms with van der Waals surface area (Å²) < 4.78 is 0. The van der Waals surface area contributed by atoms with Crippen LogP contribution >= 0.6 is 0 Å². The lowest BCUT2D eigenvalue weighted by Crippen LogP contribution is -2.51. The highest BCUT2D eigenvalue weighted by molar-refractivity contribution is 6.00. The molecule has 11 nitrogen and oxygen atoms in total. The van der Waals surface area contributed by atoms with Gasteiger partial charge in [-0.25, -0.2) is 0 Å². The summed E-state index contributed by atoms with van der Waals surface area (Å²) in [6.07, 6.45) is 0.532. The number of β-amino-alcohol motifs (C(OH)–C–C–N with tert-alkyl or cyclic N) is 1. The average Bonchev–Trinajstić information content (AvgIpc) is 3.49. The van der Waals surface area contributed by atoms with Crippen LogP contribution in [0.3, 0.4) is 0 Å². The number of tetrazole rings is 1. The number of anilines is 1. The van der Waals surface area contributed by atoms with Gasteiger partial charge in [-0.15, -0.1) is 10.2 Å². The van der Waals surface area contributed by atoms with Gasteiger partial charge in [0.2, 0.25) is 17.6 Å². The number of rotatable bonds is 10. The van der Waals surface area contributed by atoms with Crippen LogP contribution in [0.1, 0.15) is 44.7 Å². The minimum absolute atomic E-state index is 0.129. The number of nitrogens with one attached hydrogen (secondary N) is 3. The zero-order valence-corrected chi connectivity index (χ0v) is 24.5. The van der Waals surface area contributed by atoms with Crippen LogP contribution in [0.25, 0.3) is 22.5 Å². The fraction of sp³-hybridized carbons (Fsp3) is 0.344. The van der Waals surface area contributed by atoms with Gasteiger partial charge in [0.1, 0.15) is 11.8 Å². The van der Waals surface area contributed by atoms with Crippen LogP contribution in [-0.4, -0.2) is 66.9 Å². The van der Waals surface area contributed by atoms with Gasteiger partial charge >= 0.3 is 0 Å². The first kappa shape index (κ1) is 29.9. The number of phenolic OH excluding ortho intramolecular Hbond substituents is 1. The number of aryl methyl sites for hydroxylation is 1. The van der Waals surface area contributed by atoms with E-state index >= 15 is 0 Å². The van der Waals surface area contributed by atoms with Crippen molar-refractivity contribution < 1.29 is 19.8 Å². The maximum absolute atomic E-state index is 14.0. The van der Waals surface area contributed by atoms with Gasteiger partial charge in [0, 0.05) is 29.8 Å². The highest BCUT2D eigenvalue weighted by Crippen LogP contribution is 2.33. The summed E-state index contributed by atoms with van der Waals surface area (Å²) in [6, 6.07) is 20.0. The van der Waals surface area contributed by atoms with Gasteiger partial charge < -0.3 is 25.7 Å². The molecule has 3 aromatic carbocycles. The number of benzene rings is 3. The number of aliphatic hydroxyl groups is 1. The number of aromatic amines is 1. The van der Waals surface area contributed by atoms with E-state index in [1.807, 2.05) is 62.4 Å². The Balaban J connectivity index is 1.36. The van der Waals surface area contributed by atoms with Crippen molar-refractivity contribution in [3.63, 3.8) is 0 Å². The van der Waals surface area contributed by atoms with E-state index in [0.29, 0.717) is 30.9 Å². The summed E-state index contributed by atoms with van der Waals surface area (Å²) in [5.74, 6) is 0.174. The number of hydrogen-bond acceptors (Lipinski definition) is 8. The SMILES string of the molecule is C[C@@H](O)CNC(C)(C)CC(=O)N[C@@H]1CCc2cc(O)ccc2N(Cc2ccc(-c3ccccc3-c3nn[nH]n3)cc2)C1=O.